The van der Waals surface area contributed by atoms with E-state index >= 15 is 0 Å². The number of amides is 1. The van der Waals surface area contributed by atoms with Gasteiger partial charge in [-0.15, -0.1) is 10.2 Å². The molecule has 0 aliphatic carbocycles. The van der Waals surface area contributed by atoms with Crippen molar-refractivity contribution in [1.29, 1.82) is 0 Å². The topological polar surface area (TPSA) is 85.6 Å². The molecule has 0 saturated carbocycles. The molecule has 4 aromatic rings. The van der Waals surface area contributed by atoms with Crippen molar-refractivity contribution in [1.82, 2.24) is 25.0 Å². The van der Waals surface area contributed by atoms with E-state index < -0.39 is 0 Å². The molecule has 0 unspecified atom stereocenters. The number of carbonyl (C=O) groups is 1. The first kappa shape index (κ1) is 18.3. The van der Waals surface area contributed by atoms with Gasteiger partial charge in [-0.3, -0.25) is 10.1 Å². The molecule has 28 heavy (non-hydrogen) atoms. The molecule has 1 N–H and O–H groups in total. The van der Waals surface area contributed by atoms with E-state index in [2.05, 4.69) is 37.7 Å². The lowest BCUT2D eigenvalue weighted by molar-refractivity contribution is 0.102. The van der Waals surface area contributed by atoms with Crippen LogP contribution in [0.5, 0.6) is 0 Å². The standard InChI is InChI=1S/C19H16N6OS2/c26-17(16-8-6-14(7-9-16)10-25-13-20-12-21-25)22-18-23-24-19(28-18)27-11-15-4-2-1-3-5-15/h1-9,12-13H,10-11H2,(H,22,23,26). The van der Waals surface area contributed by atoms with Crippen molar-refractivity contribution in [3.05, 3.63) is 83.9 Å². The van der Waals surface area contributed by atoms with E-state index in [0.717, 1.165) is 15.7 Å². The van der Waals surface area contributed by atoms with Crippen molar-refractivity contribution < 1.29 is 4.79 Å². The zero-order chi connectivity index (χ0) is 19.2. The number of carbonyl (C=O) groups excluding carboxylic acids is 1. The van der Waals surface area contributed by atoms with Gasteiger partial charge in [0, 0.05) is 11.3 Å². The Balaban J connectivity index is 1.32. The van der Waals surface area contributed by atoms with Gasteiger partial charge < -0.3 is 0 Å². The Kier molecular flexibility index (Phi) is 5.74. The number of nitrogens with zero attached hydrogens (tertiary/aromatic N) is 5. The second-order valence-electron chi connectivity index (χ2n) is 5.89. The summed E-state index contributed by atoms with van der Waals surface area (Å²) in [5.74, 6) is 0.611. The molecular formula is C19H16N6OS2. The van der Waals surface area contributed by atoms with Crippen molar-refractivity contribution in [2.75, 3.05) is 5.32 Å². The molecule has 0 radical (unpaired) electrons. The maximum Gasteiger partial charge on any atom is 0.257 e. The fourth-order valence-electron chi connectivity index (χ4n) is 2.47. The fourth-order valence-corrected chi connectivity index (χ4v) is 4.17. The van der Waals surface area contributed by atoms with Gasteiger partial charge in [0.05, 0.1) is 6.54 Å². The van der Waals surface area contributed by atoms with Gasteiger partial charge >= 0.3 is 0 Å². The Morgan fingerprint density at radius 3 is 2.61 bits per heavy atom. The summed E-state index contributed by atoms with van der Waals surface area (Å²) in [5.41, 5.74) is 2.83. The largest absolute Gasteiger partial charge is 0.296 e. The third-order valence-corrected chi connectivity index (χ3v) is 5.90. The van der Waals surface area contributed by atoms with E-state index in [1.807, 2.05) is 30.3 Å². The minimum absolute atomic E-state index is 0.205. The molecule has 0 aliphatic rings. The van der Waals surface area contributed by atoms with Gasteiger partial charge in [-0.1, -0.05) is 65.6 Å². The number of nitrogens with one attached hydrogen (secondary N) is 1. The van der Waals surface area contributed by atoms with E-state index in [0.29, 0.717) is 17.2 Å². The molecule has 0 spiro atoms. The molecule has 1 amide bonds. The first-order valence-electron chi connectivity index (χ1n) is 8.49. The van der Waals surface area contributed by atoms with Crippen molar-refractivity contribution in [3.8, 4) is 0 Å². The van der Waals surface area contributed by atoms with Crippen molar-refractivity contribution in [2.24, 2.45) is 0 Å². The summed E-state index contributed by atoms with van der Waals surface area (Å²) in [7, 11) is 0. The smallest absolute Gasteiger partial charge is 0.257 e. The van der Waals surface area contributed by atoms with Crippen LogP contribution in [-0.2, 0) is 12.3 Å². The number of thioether (sulfide) groups is 1. The Morgan fingerprint density at radius 2 is 1.86 bits per heavy atom. The molecule has 140 valence electrons. The van der Waals surface area contributed by atoms with Crippen LogP contribution in [0, 0.1) is 0 Å². The lowest BCUT2D eigenvalue weighted by atomic mass is 10.1. The molecular weight excluding hydrogens is 392 g/mol. The van der Waals surface area contributed by atoms with E-state index in [1.165, 1.54) is 23.2 Å². The molecule has 7 nitrogen and oxygen atoms in total. The average molecular weight is 409 g/mol. The highest BCUT2D eigenvalue weighted by atomic mass is 32.2. The summed E-state index contributed by atoms with van der Waals surface area (Å²) in [6.07, 6.45) is 3.15. The summed E-state index contributed by atoms with van der Waals surface area (Å²) in [6, 6.07) is 17.5. The number of rotatable bonds is 7. The van der Waals surface area contributed by atoms with E-state index in [4.69, 9.17) is 0 Å². The Bertz CT molecular complexity index is 1030. The number of hydrogen-bond acceptors (Lipinski definition) is 7. The SMILES string of the molecule is O=C(Nc1nnc(SCc2ccccc2)s1)c1ccc(Cn2cncn2)cc1. The Hall–Kier alpha value is -3.04. The fraction of sp³-hybridized carbons (Fsp3) is 0.105. The molecule has 0 atom stereocenters. The first-order valence-corrected chi connectivity index (χ1v) is 10.3. The molecule has 2 aromatic heterocycles. The quantitative estimate of drug-likeness (QED) is 0.370. The van der Waals surface area contributed by atoms with Crippen LogP contribution in [0.2, 0.25) is 0 Å². The van der Waals surface area contributed by atoms with Crippen LogP contribution in [0.4, 0.5) is 5.13 Å². The summed E-state index contributed by atoms with van der Waals surface area (Å²) < 4.78 is 2.55. The predicted molar refractivity (Wildman–Crippen MR) is 109 cm³/mol. The van der Waals surface area contributed by atoms with E-state index in [1.54, 1.807) is 34.9 Å². The third kappa shape index (κ3) is 4.81. The highest BCUT2D eigenvalue weighted by molar-refractivity contribution is 8.00. The second kappa shape index (κ2) is 8.77. The summed E-state index contributed by atoms with van der Waals surface area (Å²) in [4.78, 5) is 16.3. The van der Waals surface area contributed by atoms with Crippen LogP contribution < -0.4 is 5.32 Å². The maximum absolute atomic E-state index is 12.4. The van der Waals surface area contributed by atoms with E-state index in [-0.39, 0.29) is 5.91 Å². The zero-order valence-corrected chi connectivity index (χ0v) is 16.4. The second-order valence-corrected chi connectivity index (χ2v) is 8.09. The highest BCUT2D eigenvalue weighted by Crippen LogP contribution is 2.28. The predicted octanol–water partition coefficient (Wildman–Crippen LogP) is 3.72. The van der Waals surface area contributed by atoms with Crippen LogP contribution in [0.15, 0.2) is 71.6 Å². The highest BCUT2D eigenvalue weighted by Gasteiger charge is 2.11. The lowest BCUT2D eigenvalue weighted by Crippen LogP contribution is -2.11. The summed E-state index contributed by atoms with van der Waals surface area (Å²) in [6.45, 7) is 0.611. The van der Waals surface area contributed by atoms with Gasteiger partial charge in [0.15, 0.2) is 4.34 Å². The number of anilines is 1. The Morgan fingerprint density at radius 1 is 1.04 bits per heavy atom. The summed E-state index contributed by atoms with van der Waals surface area (Å²) in [5, 5.41) is 15.6. The minimum Gasteiger partial charge on any atom is -0.296 e. The molecule has 4 rings (SSSR count). The van der Waals surface area contributed by atoms with Crippen LogP contribution in [-0.4, -0.2) is 30.9 Å². The average Bonchev–Trinajstić information content (AvgIpc) is 3.40. The van der Waals surface area contributed by atoms with Crippen LogP contribution in [0.1, 0.15) is 21.5 Å². The molecule has 2 aromatic carbocycles. The van der Waals surface area contributed by atoms with Crippen LogP contribution in [0.3, 0.4) is 0 Å². The van der Waals surface area contributed by atoms with Gasteiger partial charge in [-0.25, -0.2) is 9.67 Å². The van der Waals surface area contributed by atoms with Crippen molar-refractivity contribution >= 4 is 34.1 Å². The Labute approximate surface area is 169 Å². The molecule has 0 fully saturated rings. The minimum atomic E-state index is -0.205. The number of benzene rings is 2. The zero-order valence-electron chi connectivity index (χ0n) is 14.7. The van der Waals surface area contributed by atoms with E-state index in [9.17, 15) is 4.79 Å². The van der Waals surface area contributed by atoms with Crippen LogP contribution in [0.25, 0.3) is 0 Å². The van der Waals surface area contributed by atoms with Gasteiger partial charge in [0.1, 0.15) is 12.7 Å². The van der Waals surface area contributed by atoms with Crippen molar-refractivity contribution in [3.63, 3.8) is 0 Å². The third-order valence-electron chi connectivity index (χ3n) is 3.86. The monoisotopic (exact) mass is 408 g/mol. The molecule has 2 heterocycles. The van der Waals surface area contributed by atoms with Crippen molar-refractivity contribution in [2.45, 2.75) is 16.6 Å². The number of hydrogen-bond donors (Lipinski definition) is 1. The van der Waals surface area contributed by atoms with Gasteiger partial charge in [0.25, 0.3) is 5.91 Å². The normalized spacial score (nSPS) is 10.7. The molecule has 0 aliphatic heterocycles. The van der Waals surface area contributed by atoms with Crippen LogP contribution >= 0.6 is 23.1 Å². The lowest BCUT2D eigenvalue weighted by Gasteiger charge is -2.04. The molecule has 0 saturated heterocycles. The van der Waals surface area contributed by atoms with Gasteiger partial charge in [-0.2, -0.15) is 5.10 Å². The molecule has 0 bridgehead atoms. The van der Waals surface area contributed by atoms with Gasteiger partial charge in [-0.05, 0) is 23.3 Å². The maximum atomic E-state index is 12.4. The first-order chi connectivity index (χ1) is 13.8. The molecule has 9 heteroatoms. The van der Waals surface area contributed by atoms with Gasteiger partial charge in [0.2, 0.25) is 5.13 Å². The number of aromatic nitrogens is 5. The summed E-state index contributed by atoms with van der Waals surface area (Å²) >= 11 is 2.97.